The second-order valence-electron chi connectivity index (χ2n) is 5.58. The Kier molecular flexibility index (Phi) is 4.39. The standard InChI is InChI=1S/C18H18N2O2S/c1-11-5-3-4-6-14(11)18(22)19-10-13-7-8-16-15(9-13)20-17(21)12(2)23-16/h3-9,12H,10H2,1-2H3,(H,19,22)(H,20,21). The second-order valence-corrected chi connectivity index (χ2v) is 6.96. The third-order valence-electron chi connectivity index (χ3n) is 3.82. The molecule has 1 aliphatic rings. The van der Waals surface area contributed by atoms with Gasteiger partial charge in [0.2, 0.25) is 5.91 Å². The Balaban J connectivity index is 1.70. The molecule has 2 amide bonds. The number of carbonyl (C=O) groups excluding carboxylic acids is 2. The molecule has 118 valence electrons. The van der Waals surface area contributed by atoms with Gasteiger partial charge in [0.1, 0.15) is 0 Å². The van der Waals surface area contributed by atoms with Crippen LogP contribution < -0.4 is 10.6 Å². The number of amides is 2. The Hall–Kier alpha value is -2.27. The summed E-state index contributed by atoms with van der Waals surface area (Å²) >= 11 is 1.55. The van der Waals surface area contributed by atoms with Crippen LogP contribution in [-0.2, 0) is 11.3 Å². The van der Waals surface area contributed by atoms with Gasteiger partial charge < -0.3 is 10.6 Å². The van der Waals surface area contributed by atoms with Crippen molar-refractivity contribution in [3.05, 3.63) is 59.2 Å². The predicted molar refractivity (Wildman–Crippen MR) is 92.7 cm³/mol. The summed E-state index contributed by atoms with van der Waals surface area (Å²) in [7, 11) is 0. The van der Waals surface area contributed by atoms with E-state index in [1.54, 1.807) is 11.8 Å². The molecule has 4 nitrogen and oxygen atoms in total. The Bertz CT molecular complexity index is 773. The topological polar surface area (TPSA) is 58.2 Å². The van der Waals surface area contributed by atoms with Gasteiger partial charge in [-0.25, -0.2) is 0 Å². The van der Waals surface area contributed by atoms with E-state index < -0.39 is 0 Å². The van der Waals surface area contributed by atoms with Crippen LogP contribution in [0.25, 0.3) is 0 Å². The normalized spacial score (nSPS) is 16.4. The number of thioether (sulfide) groups is 1. The van der Waals surface area contributed by atoms with E-state index in [0.29, 0.717) is 12.1 Å². The molecule has 0 saturated carbocycles. The van der Waals surface area contributed by atoms with Crippen molar-refractivity contribution in [1.82, 2.24) is 5.32 Å². The lowest BCUT2D eigenvalue weighted by molar-refractivity contribution is -0.115. The van der Waals surface area contributed by atoms with Crippen molar-refractivity contribution in [2.45, 2.75) is 30.5 Å². The molecular formula is C18H18N2O2S. The van der Waals surface area contributed by atoms with Crippen LogP contribution in [0.15, 0.2) is 47.4 Å². The van der Waals surface area contributed by atoms with Gasteiger partial charge in [-0.15, -0.1) is 11.8 Å². The molecule has 5 heteroatoms. The van der Waals surface area contributed by atoms with Crippen molar-refractivity contribution in [3.8, 4) is 0 Å². The number of hydrogen-bond acceptors (Lipinski definition) is 3. The van der Waals surface area contributed by atoms with Crippen molar-refractivity contribution in [2.24, 2.45) is 0 Å². The molecule has 0 bridgehead atoms. The van der Waals surface area contributed by atoms with Gasteiger partial charge in [-0.1, -0.05) is 24.3 Å². The number of carbonyl (C=O) groups is 2. The number of anilines is 1. The van der Waals surface area contributed by atoms with Crippen LogP contribution in [0.4, 0.5) is 5.69 Å². The molecule has 1 heterocycles. The number of fused-ring (bicyclic) bond motifs is 1. The smallest absolute Gasteiger partial charge is 0.251 e. The maximum Gasteiger partial charge on any atom is 0.251 e. The van der Waals surface area contributed by atoms with Crippen molar-refractivity contribution in [1.29, 1.82) is 0 Å². The molecule has 3 rings (SSSR count). The Morgan fingerprint density at radius 2 is 2.04 bits per heavy atom. The van der Waals surface area contributed by atoms with E-state index in [2.05, 4.69) is 10.6 Å². The number of rotatable bonds is 3. The van der Waals surface area contributed by atoms with Crippen LogP contribution in [0, 0.1) is 6.92 Å². The highest BCUT2D eigenvalue weighted by Crippen LogP contribution is 2.35. The number of nitrogens with one attached hydrogen (secondary N) is 2. The monoisotopic (exact) mass is 326 g/mol. The minimum absolute atomic E-state index is 0.0172. The summed E-state index contributed by atoms with van der Waals surface area (Å²) in [5.41, 5.74) is 3.41. The molecule has 0 aromatic heterocycles. The Morgan fingerprint density at radius 3 is 2.83 bits per heavy atom. The fourth-order valence-electron chi connectivity index (χ4n) is 2.47. The fourth-order valence-corrected chi connectivity index (χ4v) is 3.40. The van der Waals surface area contributed by atoms with Crippen LogP contribution in [0.3, 0.4) is 0 Å². The van der Waals surface area contributed by atoms with Crippen LogP contribution >= 0.6 is 11.8 Å². The van der Waals surface area contributed by atoms with Gasteiger partial charge in [0, 0.05) is 17.0 Å². The van der Waals surface area contributed by atoms with Crippen LogP contribution in [-0.4, -0.2) is 17.1 Å². The lowest BCUT2D eigenvalue weighted by atomic mass is 10.1. The highest BCUT2D eigenvalue weighted by molar-refractivity contribution is 8.00. The molecule has 2 N–H and O–H groups in total. The van der Waals surface area contributed by atoms with E-state index in [0.717, 1.165) is 21.7 Å². The van der Waals surface area contributed by atoms with E-state index in [9.17, 15) is 9.59 Å². The summed E-state index contributed by atoms with van der Waals surface area (Å²) < 4.78 is 0. The molecular weight excluding hydrogens is 308 g/mol. The Morgan fingerprint density at radius 1 is 1.26 bits per heavy atom. The molecule has 0 saturated heterocycles. The molecule has 0 fully saturated rings. The molecule has 1 unspecified atom stereocenters. The van der Waals surface area contributed by atoms with Gasteiger partial charge in [0.25, 0.3) is 5.91 Å². The summed E-state index contributed by atoms with van der Waals surface area (Å²) in [6.07, 6.45) is 0. The third-order valence-corrected chi connectivity index (χ3v) is 5.00. The average molecular weight is 326 g/mol. The molecule has 0 aliphatic carbocycles. The zero-order chi connectivity index (χ0) is 16.4. The predicted octanol–water partition coefficient (Wildman–Crippen LogP) is 3.36. The summed E-state index contributed by atoms with van der Waals surface area (Å²) in [5.74, 6) is -0.0727. The number of benzene rings is 2. The zero-order valence-corrected chi connectivity index (χ0v) is 13.9. The van der Waals surface area contributed by atoms with E-state index in [4.69, 9.17) is 0 Å². The first-order valence-electron chi connectivity index (χ1n) is 7.49. The van der Waals surface area contributed by atoms with E-state index in [1.165, 1.54) is 0 Å². The summed E-state index contributed by atoms with van der Waals surface area (Å²) in [6.45, 7) is 4.23. The van der Waals surface area contributed by atoms with Gasteiger partial charge in [0.05, 0.1) is 10.9 Å². The molecule has 23 heavy (non-hydrogen) atoms. The maximum atomic E-state index is 12.2. The van der Waals surface area contributed by atoms with E-state index >= 15 is 0 Å². The average Bonchev–Trinajstić information content (AvgIpc) is 2.54. The van der Waals surface area contributed by atoms with Gasteiger partial charge in [0.15, 0.2) is 0 Å². The summed E-state index contributed by atoms with van der Waals surface area (Å²) in [6, 6.07) is 13.4. The quantitative estimate of drug-likeness (QED) is 0.909. The fraction of sp³-hybridized carbons (Fsp3) is 0.222. The van der Waals surface area contributed by atoms with Crippen LogP contribution in [0.1, 0.15) is 28.4 Å². The zero-order valence-electron chi connectivity index (χ0n) is 13.1. The minimum Gasteiger partial charge on any atom is -0.348 e. The molecule has 0 spiro atoms. The first kappa shape index (κ1) is 15.6. The highest BCUT2D eigenvalue weighted by atomic mass is 32.2. The number of aryl methyl sites for hydroxylation is 1. The summed E-state index contributed by atoms with van der Waals surface area (Å²) in [4.78, 5) is 25.1. The lowest BCUT2D eigenvalue weighted by Crippen LogP contribution is -2.27. The highest BCUT2D eigenvalue weighted by Gasteiger charge is 2.22. The van der Waals surface area contributed by atoms with Gasteiger partial charge in [-0.2, -0.15) is 0 Å². The molecule has 1 aliphatic heterocycles. The van der Waals surface area contributed by atoms with E-state index in [-0.39, 0.29) is 17.1 Å². The van der Waals surface area contributed by atoms with Gasteiger partial charge in [-0.05, 0) is 43.2 Å². The van der Waals surface area contributed by atoms with Crippen molar-refractivity contribution in [2.75, 3.05) is 5.32 Å². The SMILES string of the molecule is Cc1ccccc1C(=O)NCc1ccc2c(c1)NC(=O)C(C)S2. The van der Waals surface area contributed by atoms with Crippen molar-refractivity contribution < 1.29 is 9.59 Å². The molecule has 1 atom stereocenters. The number of hydrogen-bond donors (Lipinski definition) is 2. The van der Waals surface area contributed by atoms with Crippen LogP contribution in [0.5, 0.6) is 0 Å². The van der Waals surface area contributed by atoms with Gasteiger partial charge in [-0.3, -0.25) is 9.59 Å². The lowest BCUT2D eigenvalue weighted by Gasteiger charge is -2.22. The molecule has 2 aromatic rings. The van der Waals surface area contributed by atoms with Crippen LogP contribution in [0.2, 0.25) is 0 Å². The first-order valence-corrected chi connectivity index (χ1v) is 8.37. The largest absolute Gasteiger partial charge is 0.348 e. The molecule has 2 aromatic carbocycles. The Labute approximate surface area is 139 Å². The van der Waals surface area contributed by atoms with Crippen molar-refractivity contribution in [3.63, 3.8) is 0 Å². The van der Waals surface area contributed by atoms with Crippen molar-refractivity contribution >= 4 is 29.3 Å². The third kappa shape index (κ3) is 3.40. The second kappa shape index (κ2) is 6.46. The molecule has 0 radical (unpaired) electrons. The van der Waals surface area contributed by atoms with E-state index in [1.807, 2.05) is 56.3 Å². The first-order chi connectivity index (χ1) is 11.0. The maximum absolute atomic E-state index is 12.2. The minimum atomic E-state index is -0.0900. The summed E-state index contributed by atoms with van der Waals surface area (Å²) in [5, 5.41) is 5.76. The van der Waals surface area contributed by atoms with Gasteiger partial charge >= 0.3 is 0 Å².